The Morgan fingerprint density at radius 2 is 2.00 bits per heavy atom. The van der Waals surface area contributed by atoms with Gasteiger partial charge in [0, 0.05) is 11.7 Å². The van der Waals surface area contributed by atoms with Crippen LogP contribution in [0, 0.1) is 0 Å². The quantitative estimate of drug-likeness (QED) is 0.792. The van der Waals surface area contributed by atoms with Gasteiger partial charge in [-0.2, -0.15) is 5.10 Å². The first-order valence-electron chi connectivity index (χ1n) is 9.77. The number of aryl methyl sites for hydroxylation is 1. The first kappa shape index (κ1) is 18.6. The largest absolute Gasteiger partial charge is 0.387 e. The average Bonchev–Trinajstić information content (AvgIpc) is 3.16. The molecule has 1 saturated carbocycles. The molecular formula is C21H29N3O2. The standard InChI is InChI=1S/C21H29N3O2/c1-2-9-17-14-19(23-22-17)21(26)24(18-12-7-4-8-13-18)15-20(25)16-10-5-3-6-11-16/h3,5-6,10-11,14,18,20,25H,2,4,7-9,12-13,15H2,1H3,(H,22,23). The van der Waals surface area contributed by atoms with Gasteiger partial charge < -0.3 is 10.0 Å². The number of aromatic amines is 1. The number of aliphatic hydroxyl groups is 1. The lowest BCUT2D eigenvalue weighted by Crippen LogP contribution is -2.44. The first-order valence-corrected chi connectivity index (χ1v) is 9.77. The molecule has 1 fully saturated rings. The fraction of sp³-hybridized carbons (Fsp3) is 0.524. The number of carbonyl (C=O) groups excluding carboxylic acids is 1. The van der Waals surface area contributed by atoms with Crippen molar-refractivity contribution in [1.82, 2.24) is 15.1 Å². The molecule has 0 saturated heterocycles. The summed E-state index contributed by atoms with van der Waals surface area (Å²) in [6.07, 6.45) is 6.71. The number of aliphatic hydroxyl groups excluding tert-OH is 1. The van der Waals surface area contributed by atoms with Gasteiger partial charge in [0.25, 0.3) is 5.91 Å². The fourth-order valence-electron chi connectivity index (χ4n) is 3.77. The molecule has 26 heavy (non-hydrogen) atoms. The maximum atomic E-state index is 13.2. The van der Waals surface area contributed by atoms with Crippen molar-refractivity contribution in [3.05, 3.63) is 53.3 Å². The van der Waals surface area contributed by atoms with Gasteiger partial charge in [0.15, 0.2) is 0 Å². The molecule has 1 aliphatic rings. The first-order chi connectivity index (χ1) is 12.7. The van der Waals surface area contributed by atoms with E-state index < -0.39 is 6.10 Å². The summed E-state index contributed by atoms with van der Waals surface area (Å²) in [7, 11) is 0. The van der Waals surface area contributed by atoms with Crippen LogP contribution in [-0.2, 0) is 6.42 Å². The van der Waals surface area contributed by atoms with Crippen LogP contribution in [-0.4, -0.2) is 38.7 Å². The van der Waals surface area contributed by atoms with E-state index in [0.29, 0.717) is 12.2 Å². The van der Waals surface area contributed by atoms with E-state index in [9.17, 15) is 9.90 Å². The number of nitrogens with zero attached hydrogens (tertiary/aromatic N) is 2. The molecule has 0 bridgehead atoms. The Morgan fingerprint density at radius 3 is 2.69 bits per heavy atom. The highest BCUT2D eigenvalue weighted by molar-refractivity contribution is 5.92. The van der Waals surface area contributed by atoms with Crippen LogP contribution in [0.4, 0.5) is 0 Å². The summed E-state index contributed by atoms with van der Waals surface area (Å²) in [5, 5.41) is 17.9. The Bertz CT molecular complexity index is 692. The highest BCUT2D eigenvalue weighted by atomic mass is 16.3. The molecule has 0 spiro atoms. The summed E-state index contributed by atoms with van der Waals surface area (Å²) in [4.78, 5) is 15.0. The molecular weight excluding hydrogens is 326 g/mol. The minimum absolute atomic E-state index is 0.0783. The topological polar surface area (TPSA) is 69.2 Å². The molecule has 1 heterocycles. The smallest absolute Gasteiger partial charge is 0.274 e. The van der Waals surface area contributed by atoms with Gasteiger partial charge in [-0.15, -0.1) is 0 Å². The lowest BCUT2D eigenvalue weighted by Gasteiger charge is -2.35. The van der Waals surface area contributed by atoms with Crippen molar-refractivity contribution in [3.8, 4) is 0 Å². The van der Waals surface area contributed by atoms with Crippen LogP contribution in [0.5, 0.6) is 0 Å². The molecule has 2 N–H and O–H groups in total. The Hall–Kier alpha value is -2.14. The Balaban J connectivity index is 1.78. The Labute approximate surface area is 155 Å². The minimum Gasteiger partial charge on any atom is -0.387 e. The SMILES string of the molecule is CCCc1cc(C(=O)N(CC(O)c2ccccc2)C2CCCCC2)n[nH]1. The number of hydrogen-bond donors (Lipinski definition) is 2. The second-order valence-corrected chi connectivity index (χ2v) is 7.20. The third-order valence-electron chi connectivity index (χ3n) is 5.20. The van der Waals surface area contributed by atoms with E-state index in [1.54, 1.807) is 0 Å². The van der Waals surface area contributed by atoms with E-state index in [4.69, 9.17) is 0 Å². The highest BCUT2D eigenvalue weighted by Gasteiger charge is 2.29. The van der Waals surface area contributed by atoms with E-state index in [1.807, 2.05) is 41.3 Å². The molecule has 5 heteroatoms. The maximum absolute atomic E-state index is 13.2. The molecule has 1 aromatic heterocycles. The van der Waals surface area contributed by atoms with Gasteiger partial charge in [-0.25, -0.2) is 0 Å². The summed E-state index contributed by atoms with van der Waals surface area (Å²) < 4.78 is 0. The molecule has 0 aliphatic heterocycles. The lowest BCUT2D eigenvalue weighted by atomic mass is 9.93. The molecule has 140 valence electrons. The second-order valence-electron chi connectivity index (χ2n) is 7.20. The molecule has 1 unspecified atom stereocenters. The summed E-state index contributed by atoms with van der Waals surface area (Å²) >= 11 is 0. The highest BCUT2D eigenvalue weighted by Crippen LogP contribution is 2.26. The third kappa shape index (κ3) is 4.52. The zero-order valence-corrected chi connectivity index (χ0v) is 15.5. The van der Waals surface area contributed by atoms with Crippen molar-refractivity contribution in [2.75, 3.05) is 6.54 Å². The van der Waals surface area contributed by atoms with Crippen LogP contribution < -0.4 is 0 Å². The zero-order valence-electron chi connectivity index (χ0n) is 15.5. The predicted octanol–water partition coefficient (Wildman–Crippen LogP) is 3.87. The van der Waals surface area contributed by atoms with Gasteiger partial charge in [0.2, 0.25) is 0 Å². The van der Waals surface area contributed by atoms with Crippen molar-refractivity contribution >= 4 is 5.91 Å². The number of hydrogen-bond acceptors (Lipinski definition) is 3. The number of aromatic nitrogens is 2. The van der Waals surface area contributed by atoms with Gasteiger partial charge in [-0.05, 0) is 30.9 Å². The summed E-state index contributed by atoms with van der Waals surface area (Å²) in [6.45, 7) is 2.41. The second kappa shape index (κ2) is 8.99. The molecule has 2 aromatic rings. The van der Waals surface area contributed by atoms with Crippen LogP contribution in [0.1, 0.15) is 73.3 Å². The van der Waals surface area contributed by atoms with Gasteiger partial charge in [-0.3, -0.25) is 9.89 Å². The van der Waals surface area contributed by atoms with Crippen LogP contribution in [0.25, 0.3) is 0 Å². The monoisotopic (exact) mass is 355 g/mol. The van der Waals surface area contributed by atoms with Gasteiger partial charge in [-0.1, -0.05) is 62.9 Å². The minimum atomic E-state index is -0.684. The van der Waals surface area contributed by atoms with Crippen molar-refractivity contribution in [2.45, 2.75) is 64.0 Å². The van der Waals surface area contributed by atoms with Crippen molar-refractivity contribution in [3.63, 3.8) is 0 Å². The van der Waals surface area contributed by atoms with Crippen LogP contribution in [0.15, 0.2) is 36.4 Å². The summed E-state index contributed by atoms with van der Waals surface area (Å²) in [6, 6.07) is 11.6. The Kier molecular flexibility index (Phi) is 6.45. The number of carbonyl (C=O) groups is 1. The number of amides is 1. The normalized spacial score (nSPS) is 16.4. The van der Waals surface area contributed by atoms with E-state index in [2.05, 4.69) is 17.1 Å². The molecule has 0 radical (unpaired) electrons. The van der Waals surface area contributed by atoms with Crippen molar-refractivity contribution in [1.29, 1.82) is 0 Å². The van der Waals surface area contributed by atoms with E-state index in [-0.39, 0.29) is 11.9 Å². The maximum Gasteiger partial charge on any atom is 0.274 e. The van der Waals surface area contributed by atoms with E-state index in [1.165, 1.54) is 6.42 Å². The molecule has 1 aromatic carbocycles. The van der Waals surface area contributed by atoms with E-state index >= 15 is 0 Å². The number of benzene rings is 1. The van der Waals surface area contributed by atoms with Gasteiger partial charge in [0.05, 0.1) is 12.6 Å². The van der Waals surface area contributed by atoms with Crippen LogP contribution in [0.2, 0.25) is 0 Å². The zero-order chi connectivity index (χ0) is 18.4. The summed E-state index contributed by atoms with van der Waals surface area (Å²) in [5.74, 6) is -0.0783. The molecule has 5 nitrogen and oxygen atoms in total. The lowest BCUT2D eigenvalue weighted by molar-refractivity contribution is 0.0449. The van der Waals surface area contributed by atoms with Crippen LogP contribution in [0.3, 0.4) is 0 Å². The number of nitrogens with one attached hydrogen (secondary N) is 1. The molecule has 3 rings (SSSR count). The fourth-order valence-corrected chi connectivity index (χ4v) is 3.77. The van der Waals surface area contributed by atoms with Crippen LogP contribution >= 0.6 is 0 Å². The van der Waals surface area contributed by atoms with E-state index in [0.717, 1.165) is 49.8 Å². The molecule has 1 atom stereocenters. The predicted molar refractivity (Wildman–Crippen MR) is 102 cm³/mol. The molecule has 1 amide bonds. The van der Waals surface area contributed by atoms with Crippen molar-refractivity contribution in [2.24, 2.45) is 0 Å². The summed E-state index contributed by atoms with van der Waals surface area (Å²) in [5.41, 5.74) is 2.29. The molecule has 1 aliphatic carbocycles. The average molecular weight is 355 g/mol. The van der Waals surface area contributed by atoms with Gasteiger partial charge in [0.1, 0.15) is 5.69 Å². The number of H-pyrrole nitrogens is 1. The number of rotatable bonds is 7. The third-order valence-corrected chi connectivity index (χ3v) is 5.20. The van der Waals surface area contributed by atoms with Crippen molar-refractivity contribution < 1.29 is 9.90 Å². The Morgan fingerprint density at radius 1 is 1.27 bits per heavy atom. The van der Waals surface area contributed by atoms with Gasteiger partial charge >= 0.3 is 0 Å².